The zero-order valence-electron chi connectivity index (χ0n) is 14.7. The van der Waals surface area contributed by atoms with Gasteiger partial charge in [0.05, 0.1) is 6.54 Å². The number of rotatable bonds is 6. The van der Waals surface area contributed by atoms with Gasteiger partial charge in [-0.05, 0) is 29.3 Å². The number of hydrogen-bond donors (Lipinski definition) is 3. The van der Waals surface area contributed by atoms with E-state index in [-0.39, 0.29) is 24.3 Å². The molecule has 0 bridgehead atoms. The van der Waals surface area contributed by atoms with Gasteiger partial charge in [-0.3, -0.25) is 9.59 Å². The molecule has 0 spiro atoms. The number of carbonyl (C=O) groups is 2. The molecule has 1 aromatic heterocycles. The molecule has 0 aliphatic heterocycles. The van der Waals surface area contributed by atoms with E-state index in [1.54, 1.807) is 12.1 Å². The number of H-pyrrole nitrogens is 1. The second-order valence-electron chi connectivity index (χ2n) is 6.22. The van der Waals surface area contributed by atoms with Crippen molar-refractivity contribution in [3.05, 3.63) is 69.8 Å². The van der Waals surface area contributed by atoms with Gasteiger partial charge in [-0.2, -0.15) is 0 Å². The van der Waals surface area contributed by atoms with Crippen LogP contribution in [0.15, 0.2) is 48.7 Å². The molecule has 3 rings (SSSR count). The average molecular weight is 404 g/mol. The predicted octanol–water partition coefficient (Wildman–Crippen LogP) is 3.86. The van der Waals surface area contributed by atoms with Crippen LogP contribution in [0.4, 0.5) is 0 Å². The van der Waals surface area contributed by atoms with E-state index in [4.69, 9.17) is 23.2 Å². The van der Waals surface area contributed by atoms with Crippen LogP contribution in [0.3, 0.4) is 0 Å². The van der Waals surface area contributed by atoms with Crippen molar-refractivity contribution in [2.75, 3.05) is 13.1 Å². The van der Waals surface area contributed by atoms with Gasteiger partial charge in [0.1, 0.15) is 0 Å². The van der Waals surface area contributed by atoms with Gasteiger partial charge in [0.25, 0.3) is 0 Å². The number of amides is 2. The highest BCUT2D eigenvalue weighted by atomic mass is 35.5. The molecule has 5 nitrogen and oxygen atoms in total. The summed E-state index contributed by atoms with van der Waals surface area (Å²) in [5.41, 5.74) is 2.90. The highest BCUT2D eigenvalue weighted by molar-refractivity contribution is 6.35. The monoisotopic (exact) mass is 403 g/mol. The number of fused-ring (bicyclic) bond motifs is 1. The maximum absolute atomic E-state index is 12.1. The predicted molar refractivity (Wildman–Crippen MR) is 108 cm³/mol. The van der Waals surface area contributed by atoms with E-state index >= 15 is 0 Å². The summed E-state index contributed by atoms with van der Waals surface area (Å²) in [5.74, 6) is -0.689. The Kier molecular flexibility index (Phi) is 6.04. The van der Waals surface area contributed by atoms with Crippen molar-refractivity contribution in [2.45, 2.75) is 12.8 Å². The number of halogens is 2. The molecule has 0 saturated heterocycles. The fraction of sp³-hybridized carbons (Fsp3) is 0.200. The Morgan fingerprint density at radius 2 is 1.85 bits per heavy atom. The molecule has 3 N–H and O–H groups in total. The number of benzene rings is 2. The molecule has 0 saturated carbocycles. The average Bonchev–Trinajstić information content (AvgIpc) is 3.05. The van der Waals surface area contributed by atoms with Crippen LogP contribution in [0.25, 0.3) is 10.9 Å². The smallest absolute Gasteiger partial charge is 0.239 e. The molecule has 27 heavy (non-hydrogen) atoms. The van der Waals surface area contributed by atoms with Gasteiger partial charge in [0.15, 0.2) is 0 Å². The lowest BCUT2D eigenvalue weighted by Gasteiger charge is -2.20. The Hall–Kier alpha value is -2.50. The number of aromatic nitrogens is 1. The number of hydrogen-bond acceptors (Lipinski definition) is 2. The summed E-state index contributed by atoms with van der Waals surface area (Å²) in [7, 11) is 0. The van der Waals surface area contributed by atoms with Crippen molar-refractivity contribution in [2.24, 2.45) is 0 Å². The molecule has 1 atom stereocenters. The van der Waals surface area contributed by atoms with Crippen LogP contribution in [0.1, 0.15) is 24.0 Å². The lowest BCUT2D eigenvalue weighted by Crippen LogP contribution is -2.37. The van der Waals surface area contributed by atoms with Crippen LogP contribution in [0.2, 0.25) is 10.0 Å². The standard InChI is InChI=1S/C20H19Cl2N3O2/c1-12(26)23-11-20(27)25-10-16(14-7-6-13(21)8-18(14)22)17-9-24-19-5-3-2-4-15(17)19/h2-9,16,24H,10-11H2,1H3,(H,23,26)(H,25,27). The number of aromatic amines is 1. The molecule has 7 heteroatoms. The van der Waals surface area contributed by atoms with Gasteiger partial charge in [0, 0.05) is 46.5 Å². The quantitative estimate of drug-likeness (QED) is 0.584. The summed E-state index contributed by atoms with van der Waals surface area (Å²) in [6.07, 6.45) is 1.93. The number of nitrogens with one attached hydrogen (secondary N) is 3. The molecule has 0 radical (unpaired) electrons. The first-order valence-electron chi connectivity index (χ1n) is 8.48. The zero-order chi connectivity index (χ0) is 19.4. The highest BCUT2D eigenvalue weighted by Gasteiger charge is 2.21. The molecule has 0 fully saturated rings. The van der Waals surface area contributed by atoms with E-state index in [2.05, 4.69) is 15.6 Å². The first-order chi connectivity index (χ1) is 13.0. The van der Waals surface area contributed by atoms with E-state index in [9.17, 15) is 9.59 Å². The molecule has 2 amide bonds. The lowest BCUT2D eigenvalue weighted by atomic mass is 9.90. The normalized spacial score (nSPS) is 12.0. The zero-order valence-corrected chi connectivity index (χ0v) is 16.2. The molecule has 0 aliphatic carbocycles. The van der Waals surface area contributed by atoms with Crippen molar-refractivity contribution < 1.29 is 9.59 Å². The maximum Gasteiger partial charge on any atom is 0.239 e. The minimum Gasteiger partial charge on any atom is -0.361 e. The van der Waals surface area contributed by atoms with Gasteiger partial charge in [-0.25, -0.2) is 0 Å². The Labute approximate surface area is 167 Å². The largest absolute Gasteiger partial charge is 0.361 e. The molecular weight excluding hydrogens is 385 g/mol. The van der Waals surface area contributed by atoms with Crippen LogP contribution in [-0.2, 0) is 9.59 Å². The summed E-state index contributed by atoms with van der Waals surface area (Å²) >= 11 is 12.5. The SMILES string of the molecule is CC(=O)NCC(=O)NCC(c1ccc(Cl)cc1Cl)c1c[nH]c2ccccc12. The van der Waals surface area contributed by atoms with Crippen molar-refractivity contribution in [3.63, 3.8) is 0 Å². The number of para-hydroxylation sites is 1. The van der Waals surface area contributed by atoms with Gasteiger partial charge in [-0.1, -0.05) is 47.5 Å². The van der Waals surface area contributed by atoms with Crippen molar-refractivity contribution in [3.8, 4) is 0 Å². The van der Waals surface area contributed by atoms with Gasteiger partial charge >= 0.3 is 0 Å². The van der Waals surface area contributed by atoms with Crippen LogP contribution in [0, 0.1) is 0 Å². The molecule has 140 valence electrons. The molecule has 3 aromatic rings. The van der Waals surface area contributed by atoms with Gasteiger partial charge in [-0.15, -0.1) is 0 Å². The fourth-order valence-electron chi connectivity index (χ4n) is 3.04. The fourth-order valence-corrected chi connectivity index (χ4v) is 3.58. The summed E-state index contributed by atoms with van der Waals surface area (Å²) in [6, 6.07) is 13.3. The summed E-state index contributed by atoms with van der Waals surface area (Å²) in [6.45, 7) is 1.64. The van der Waals surface area contributed by atoms with Crippen LogP contribution in [-0.4, -0.2) is 29.9 Å². The minimum atomic E-state index is -0.264. The van der Waals surface area contributed by atoms with E-state index in [0.29, 0.717) is 16.6 Å². The topological polar surface area (TPSA) is 74.0 Å². The molecule has 0 aliphatic rings. The second kappa shape index (κ2) is 8.46. The van der Waals surface area contributed by atoms with Crippen LogP contribution >= 0.6 is 23.2 Å². The van der Waals surface area contributed by atoms with E-state index in [1.807, 2.05) is 36.5 Å². The Balaban J connectivity index is 1.92. The van der Waals surface area contributed by atoms with Crippen LogP contribution in [0.5, 0.6) is 0 Å². The summed E-state index contributed by atoms with van der Waals surface area (Å²) in [4.78, 5) is 26.3. The van der Waals surface area contributed by atoms with Crippen LogP contribution < -0.4 is 10.6 Å². The summed E-state index contributed by atoms with van der Waals surface area (Å²) in [5, 5.41) is 7.51. The molecule has 1 heterocycles. The third-order valence-electron chi connectivity index (χ3n) is 4.34. The van der Waals surface area contributed by atoms with Crippen molar-refractivity contribution >= 4 is 45.9 Å². The lowest BCUT2D eigenvalue weighted by molar-refractivity contribution is -0.125. The Morgan fingerprint density at radius 1 is 1.07 bits per heavy atom. The Bertz CT molecular complexity index is 984. The highest BCUT2D eigenvalue weighted by Crippen LogP contribution is 2.35. The van der Waals surface area contributed by atoms with Crippen molar-refractivity contribution in [1.82, 2.24) is 15.6 Å². The molecular formula is C20H19Cl2N3O2. The van der Waals surface area contributed by atoms with E-state index in [1.165, 1.54) is 6.92 Å². The third kappa shape index (κ3) is 4.62. The van der Waals surface area contributed by atoms with Gasteiger partial charge in [0.2, 0.25) is 11.8 Å². The minimum absolute atomic E-state index is 0.0652. The Morgan fingerprint density at radius 3 is 2.59 bits per heavy atom. The summed E-state index contributed by atoms with van der Waals surface area (Å²) < 4.78 is 0. The third-order valence-corrected chi connectivity index (χ3v) is 4.90. The van der Waals surface area contributed by atoms with E-state index < -0.39 is 0 Å². The maximum atomic E-state index is 12.1. The first kappa shape index (κ1) is 19.3. The molecule has 1 unspecified atom stereocenters. The number of carbonyl (C=O) groups excluding carboxylic acids is 2. The van der Waals surface area contributed by atoms with Gasteiger partial charge < -0.3 is 15.6 Å². The van der Waals surface area contributed by atoms with E-state index in [0.717, 1.165) is 22.0 Å². The van der Waals surface area contributed by atoms with Crippen molar-refractivity contribution in [1.29, 1.82) is 0 Å². The second-order valence-corrected chi connectivity index (χ2v) is 7.07. The molecule has 2 aromatic carbocycles. The first-order valence-corrected chi connectivity index (χ1v) is 9.23.